The number of amides is 1. The van der Waals surface area contributed by atoms with Gasteiger partial charge in [0.1, 0.15) is 11.6 Å². The number of halogens is 1. The van der Waals surface area contributed by atoms with Gasteiger partial charge in [-0.1, -0.05) is 24.3 Å². The zero-order valence-corrected chi connectivity index (χ0v) is 16.7. The lowest BCUT2D eigenvalue weighted by Crippen LogP contribution is -2.46. The van der Waals surface area contributed by atoms with Crippen molar-refractivity contribution in [2.24, 2.45) is 0 Å². The fourth-order valence-corrected chi connectivity index (χ4v) is 3.56. The average Bonchev–Trinajstić information content (AvgIpc) is 2.69. The number of rotatable bonds is 7. The lowest BCUT2D eigenvalue weighted by Gasteiger charge is -2.35. The number of ether oxygens (including phenoxy) is 1. The lowest BCUT2D eigenvalue weighted by molar-refractivity contribution is -0.134. The fourth-order valence-electron chi connectivity index (χ4n) is 3.56. The zero-order valence-electron chi connectivity index (χ0n) is 16.7. The topological polar surface area (TPSA) is 41.6 Å². The van der Waals surface area contributed by atoms with Gasteiger partial charge in [-0.25, -0.2) is 4.39 Å². The van der Waals surface area contributed by atoms with E-state index in [-0.39, 0.29) is 23.9 Å². The van der Waals surface area contributed by atoms with Crippen LogP contribution in [0.1, 0.15) is 37.8 Å². The monoisotopic (exact) mass is 384 g/mol. The van der Waals surface area contributed by atoms with Gasteiger partial charge in [0.15, 0.2) is 0 Å². The van der Waals surface area contributed by atoms with E-state index >= 15 is 0 Å². The minimum absolute atomic E-state index is 0.105. The maximum atomic E-state index is 13.2. The second-order valence-corrected chi connectivity index (χ2v) is 7.62. The summed E-state index contributed by atoms with van der Waals surface area (Å²) in [6.45, 7) is 6.32. The minimum Gasteiger partial charge on any atom is -0.491 e. The van der Waals surface area contributed by atoms with Crippen LogP contribution in [-0.4, -0.2) is 36.0 Å². The Morgan fingerprint density at radius 1 is 1.07 bits per heavy atom. The molecule has 2 aromatic carbocycles. The predicted molar refractivity (Wildman–Crippen MR) is 109 cm³/mol. The Morgan fingerprint density at radius 2 is 1.68 bits per heavy atom. The highest BCUT2D eigenvalue weighted by Crippen LogP contribution is 2.19. The van der Waals surface area contributed by atoms with E-state index in [9.17, 15) is 9.18 Å². The summed E-state index contributed by atoms with van der Waals surface area (Å²) in [4.78, 5) is 15.1. The van der Waals surface area contributed by atoms with Gasteiger partial charge in [-0.05, 0) is 75.2 Å². The summed E-state index contributed by atoms with van der Waals surface area (Å²) in [6.07, 6.45) is 2.36. The van der Waals surface area contributed by atoms with E-state index < -0.39 is 0 Å². The first-order chi connectivity index (χ1) is 13.5. The van der Waals surface area contributed by atoms with E-state index in [0.717, 1.165) is 42.8 Å². The maximum Gasteiger partial charge on any atom is 0.227 e. The van der Waals surface area contributed by atoms with Crippen molar-refractivity contribution in [2.45, 2.75) is 51.8 Å². The van der Waals surface area contributed by atoms with Gasteiger partial charge in [-0.2, -0.15) is 0 Å². The Hall–Kier alpha value is -2.40. The molecule has 3 rings (SSSR count). The molecule has 2 aromatic rings. The molecule has 0 unspecified atom stereocenters. The molecule has 4 nitrogen and oxygen atoms in total. The van der Waals surface area contributed by atoms with Crippen LogP contribution in [0.4, 0.5) is 4.39 Å². The lowest BCUT2D eigenvalue weighted by atomic mass is 10.0. The molecule has 150 valence electrons. The first-order valence-electron chi connectivity index (χ1n) is 10.0. The molecule has 1 heterocycles. The van der Waals surface area contributed by atoms with Crippen LogP contribution in [0.25, 0.3) is 0 Å². The van der Waals surface area contributed by atoms with Crippen molar-refractivity contribution in [3.63, 3.8) is 0 Å². The number of nitrogens with one attached hydrogen (secondary N) is 1. The predicted octanol–water partition coefficient (Wildman–Crippen LogP) is 3.94. The summed E-state index contributed by atoms with van der Waals surface area (Å²) in [5.41, 5.74) is 1.92. The SMILES string of the molecule is CC(C)Oc1ccc(CC(=O)N(Cc2ccc(F)cc2)C2CCNCC2)cc1. The van der Waals surface area contributed by atoms with Crippen LogP contribution in [0.3, 0.4) is 0 Å². The van der Waals surface area contributed by atoms with Gasteiger partial charge in [0.25, 0.3) is 0 Å². The van der Waals surface area contributed by atoms with E-state index in [1.54, 1.807) is 12.1 Å². The summed E-state index contributed by atoms with van der Waals surface area (Å²) in [7, 11) is 0. The van der Waals surface area contributed by atoms with E-state index in [4.69, 9.17) is 4.74 Å². The first-order valence-corrected chi connectivity index (χ1v) is 10.0. The molecule has 0 aromatic heterocycles. The molecule has 1 aliphatic rings. The van der Waals surface area contributed by atoms with Crippen molar-refractivity contribution in [1.29, 1.82) is 0 Å². The van der Waals surface area contributed by atoms with Crippen LogP contribution in [0, 0.1) is 5.82 Å². The standard InChI is InChI=1S/C23H29FN2O2/c1-17(2)28-22-9-5-18(6-10-22)15-23(27)26(21-11-13-25-14-12-21)16-19-3-7-20(24)8-4-19/h3-10,17,21,25H,11-16H2,1-2H3. The van der Waals surface area contributed by atoms with Crippen molar-refractivity contribution in [3.05, 3.63) is 65.5 Å². The summed E-state index contributed by atoms with van der Waals surface area (Å²) >= 11 is 0. The molecular weight excluding hydrogens is 355 g/mol. The Bertz CT molecular complexity index is 753. The van der Waals surface area contributed by atoms with Crippen molar-refractivity contribution < 1.29 is 13.9 Å². The van der Waals surface area contributed by atoms with Crippen molar-refractivity contribution in [3.8, 4) is 5.75 Å². The Kier molecular flexibility index (Phi) is 7.04. The van der Waals surface area contributed by atoms with Crippen LogP contribution in [0.15, 0.2) is 48.5 Å². The van der Waals surface area contributed by atoms with Crippen LogP contribution in [-0.2, 0) is 17.8 Å². The molecule has 5 heteroatoms. The third kappa shape index (κ3) is 5.80. The molecule has 1 aliphatic heterocycles. The molecule has 0 atom stereocenters. The highest BCUT2D eigenvalue weighted by Gasteiger charge is 2.25. The van der Waals surface area contributed by atoms with Gasteiger partial charge in [-0.3, -0.25) is 4.79 Å². The number of hydrogen-bond donors (Lipinski definition) is 1. The molecule has 1 amide bonds. The summed E-state index contributed by atoms with van der Waals surface area (Å²) in [6, 6.07) is 14.4. The molecule has 0 saturated carbocycles. The molecule has 0 bridgehead atoms. The third-order valence-corrected chi connectivity index (χ3v) is 4.99. The number of benzene rings is 2. The van der Waals surface area contributed by atoms with Crippen LogP contribution >= 0.6 is 0 Å². The summed E-state index contributed by atoms with van der Waals surface area (Å²) < 4.78 is 18.9. The van der Waals surface area contributed by atoms with E-state index in [1.807, 2.05) is 43.0 Å². The normalized spacial score (nSPS) is 14.9. The molecule has 0 spiro atoms. The molecule has 1 N–H and O–H groups in total. The number of hydrogen-bond acceptors (Lipinski definition) is 3. The smallest absolute Gasteiger partial charge is 0.227 e. The number of carbonyl (C=O) groups is 1. The molecule has 28 heavy (non-hydrogen) atoms. The quantitative estimate of drug-likeness (QED) is 0.786. The van der Waals surface area contributed by atoms with Gasteiger partial charge in [0.05, 0.1) is 12.5 Å². The van der Waals surface area contributed by atoms with E-state index in [2.05, 4.69) is 5.32 Å². The van der Waals surface area contributed by atoms with Crippen molar-refractivity contribution >= 4 is 5.91 Å². The molecule has 0 aliphatic carbocycles. The molecule has 0 radical (unpaired) electrons. The maximum absolute atomic E-state index is 13.2. The fraction of sp³-hybridized carbons (Fsp3) is 0.435. The number of carbonyl (C=O) groups excluding carboxylic acids is 1. The number of nitrogens with zero attached hydrogens (tertiary/aromatic N) is 1. The second-order valence-electron chi connectivity index (χ2n) is 7.62. The number of piperidine rings is 1. The van der Waals surface area contributed by atoms with Gasteiger partial charge in [0, 0.05) is 12.6 Å². The Balaban J connectivity index is 1.71. The Morgan fingerprint density at radius 3 is 2.29 bits per heavy atom. The largest absolute Gasteiger partial charge is 0.491 e. The van der Waals surface area contributed by atoms with Crippen LogP contribution < -0.4 is 10.1 Å². The van der Waals surface area contributed by atoms with Gasteiger partial charge >= 0.3 is 0 Å². The average molecular weight is 384 g/mol. The zero-order chi connectivity index (χ0) is 19.9. The van der Waals surface area contributed by atoms with E-state index in [1.165, 1.54) is 12.1 Å². The molecule has 1 fully saturated rings. The Labute approximate surface area is 166 Å². The van der Waals surface area contributed by atoms with Crippen LogP contribution in [0.2, 0.25) is 0 Å². The van der Waals surface area contributed by atoms with E-state index in [0.29, 0.717) is 13.0 Å². The third-order valence-electron chi connectivity index (χ3n) is 4.99. The molecular formula is C23H29FN2O2. The first kappa shape index (κ1) is 20.3. The highest BCUT2D eigenvalue weighted by molar-refractivity contribution is 5.79. The second kappa shape index (κ2) is 9.69. The summed E-state index contributed by atoms with van der Waals surface area (Å²) in [5.74, 6) is 0.661. The highest BCUT2D eigenvalue weighted by atomic mass is 19.1. The van der Waals surface area contributed by atoms with Crippen molar-refractivity contribution in [2.75, 3.05) is 13.1 Å². The van der Waals surface area contributed by atoms with Gasteiger partial charge in [-0.15, -0.1) is 0 Å². The molecule has 1 saturated heterocycles. The van der Waals surface area contributed by atoms with Crippen molar-refractivity contribution in [1.82, 2.24) is 10.2 Å². The minimum atomic E-state index is -0.257. The summed E-state index contributed by atoms with van der Waals surface area (Å²) in [5, 5.41) is 3.35. The van der Waals surface area contributed by atoms with Gasteiger partial charge < -0.3 is 15.0 Å². The van der Waals surface area contributed by atoms with Crippen LogP contribution in [0.5, 0.6) is 5.75 Å². The van der Waals surface area contributed by atoms with Gasteiger partial charge in [0.2, 0.25) is 5.91 Å².